The third-order valence-electron chi connectivity index (χ3n) is 3.23. The number of nitrogens with two attached hydrogens (primary N) is 2. The number of carbonyl (C=O) groups excluding carboxylic acids is 1. The van der Waals surface area contributed by atoms with Crippen molar-refractivity contribution in [1.29, 1.82) is 0 Å². The Kier molecular flexibility index (Phi) is 3.45. The minimum absolute atomic E-state index is 0.417. The maximum absolute atomic E-state index is 11.1. The van der Waals surface area contributed by atoms with E-state index < -0.39 is 5.91 Å². The Morgan fingerprint density at radius 1 is 1.33 bits per heavy atom. The van der Waals surface area contributed by atoms with Gasteiger partial charge >= 0.3 is 0 Å². The average molecular weight is 298 g/mol. The smallest absolute Gasteiger partial charge is 0.248 e. The van der Waals surface area contributed by atoms with Crippen molar-refractivity contribution in [2.75, 3.05) is 5.73 Å². The van der Waals surface area contributed by atoms with Gasteiger partial charge in [0.2, 0.25) is 5.91 Å². The molecule has 0 aliphatic rings. The number of hydrogen-bond acceptors (Lipinski definition) is 4. The van der Waals surface area contributed by atoms with Crippen molar-refractivity contribution in [2.45, 2.75) is 6.54 Å². The van der Waals surface area contributed by atoms with Crippen LogP contribution >= 0.6 is 11.3 Å². The largest absolute Gasteiger partial charge is 0.398 e. The molecule has 1 aromatic carbocycles. The lowest BCUT2D eigenvalue weighted by Gasteiger charge is -2.10. The quantitative estimate of drug-likeness (QED) is 0.725. The van der Waals surface area contributed by atoms with Crippen LogP contribution in [0.2, 0.25) is 0 Å². The molecule has 3 aromatic rings. The minimum atomic E-state index is -0.477. The van der Waals surface area contributed by atoms with Crippen LogP contribution in [0.5, 0.6) is 0 Å². The zero-order valence-corrected chi connectivity index (χ0v) is 12.0. The van der Waals surface area contributed by atoms with Crippen molar-refractivity contribution >= 4 is 22.9 Å². The fourth-order valence-electron chi connectivity index (χ4n) is 2.14. The van der Waals surface area contributed by atoms with Gasteiger partial charge in [0.05, 0.1) is 11.4 Å². The number of amides is 1. The van der Waals surface area contributed by atoms with Crippen LogP contribution in [-0.4, -0.2) is 15.5 Å². The summed E-state index contributed by atoms with van der Waals surface area (Å²) in [6.07, 6.45) is 3.68. The number of nitrogens with zero attached hydrogens (tertiary/aromatic N) is 2. The maximum Gasteiger partial charge on any atom is 0.248 e. The van der Waals surface area contributed by atoms with Crippen molar-refractivity contribution in [3.63, 3.8) is 0 Å². The Bertz CT molecular complexity index is 777. The number of benzene rings is 1. The average Bonchev–Trinajstić information content (AvgIpc) is 3.11. The van der Waals surface area contributed by atoms with Crippen molar-refractivity contribution in [3.8, 4) is 10.7 Å². The number of thiophene rings is 1. The molecule has 4 N–H and O–H groups in total. The summed E-state index contributed by atoms with van der Waals surface area (Å²) in [4.78, 5) is 16.6. The zero-order valence-electron chi connectivity index (χ0n) is 11.2. The third kappa shape index (κ3) is 2.66. The van der Waals surface area contributed by atoms with Crippen LogP contribution in [0, 0.1) is 0 Å². The van der Waals surface area contributed by atoms with E-state index in [0.29, 0.717) is 17.8 Å². The zero-order chi connectivity index (χ0) is 14.8. The van der Waals surface area contributed by atoms with Crippen LogP contribution in [0.1, 0.15) is 15.9 Å². The summed E-state index contributed by atoms with van der Waals surface area (Å²) < 4.78 is 2.03. The van der Waals surface area contributed by atoms with Crippen LogP contribution < -0.4 is 11.5 Å². The monoisotopic (exact) mass is 298 g/mol. The first-order chi connectivity index (χ1) is 10.1. The lowest BCUT2D eigenvalue weighted by Crippen LogP contribution is -2.12. The molecular formula is C15H14N4OS. The molecule has 21 heavy (non-hydrogen) atoms. The van der Waals surface area contributed by atoms with E-state index >= 15 is 0 Å². The van der Waals surface area contributed by atoms with E-state index in [9.17, 15) is 4.79 Å². The first-order valence-corrected chi connectivity index (χ1v) is 7.26. The van der Waals surface area contributed by atoms with Crippen LogP contribution in [0.4, 0.5) is 5.69 Å². The summed E-state index contributed by atoms with van der Waals surface area (Å²) in [6, 6.07) is 9.15. The number of aromatic nitrogens is 2. The molecule has 0 aliphatic carbocycles. The fourth-order valence-corrected chi connectivity index (χ4v) is 2.88. The van der Waals surface area contributed by atoms with E-state index in [1.807, 2.05) is 34.3 Å². The number of anilines is 1. The predicted octanol–water partition coefficient (Wildman–Crippen LogP) is 2.34. The summed E-state index contributed by atoms with van der Waals surface area (Å²) in [7, 11) is 0. The first kappa shape index (κ1) is 13.4. The molecule has 0 saturated heterocycles. The third-order valence-corrected chi connectivity index (χ3v) is 4.09. The Morgan fingerprint density at radius 2 is 2.19 bits per heavy atom. The molecule has 0 radical (unpaired) electrons. The van der Waals surface area contributed by atoms with Gasteiger partial charge in [-0.15, -0.1) is 11.3 Å². The highest BCUT2D eigenvalue weighted by Crippen LogP contribution is 2.24. The highest BCUT2D eigenvalue weighted by Gasteiger charge is 2.10. The summed E-state index contributed by atoms with van der Waals surface area (Å²) in [5.41, 5.74) is 13.2. The maximum atomic E-state index is 11.1. The number of imidazole rings is 1. The molecule has 1 amide bonds. The topological polar surface area (TPSA) is 86.9 Å². The molecule has 6 heteroatoms. The van der Waals surface area contributed by atoms with Crippen molar-refractivity contribution in [1.82, 2.24) is 9.55 Å². The number of hydrogen-bond donors (Lipinski definition) is 2. The van der Waals surface area contributed by atoms with Gasteiger partial charge in [-0.1, -0.05) is 12.1 Å². The molecule has 0 aliphatic heterocycles. The second-order valence-corrected chi connectivity index (χ2v) is 5.58. The summed E-state index contributed by atoms with van der Waals surface area (Å²) >= 11 is 1.64. The van der Waals surface area contributed by atoms with Crippen molar-refractivity contribution in [3.05, 3.63) is 59.2 Å². The van der Waals surface area contributed by atoms with Crippen LogP contribution in [0.3, 0.4) is 0 Å². The number of primary amides is 1. The molecule has 0 spiro atoms. The first-order valence-electron chi connectivity index (χ1n) is 6.38. The number of carbonyl (C=O) groups is 1. The van der Waals surface area contributed by atoms with Gasteiger partial charge in [0.15, 0.2) is 0 Å². The summed E-state index contributed by atoms with van der Waals surface area (Å²) in [6.45, 7) is 0.595. The van der Waals surface area contributed by atoms with Crippen molar-refractivity contribution in [2.24, 2.45) is 5.73 Å². The van der Waals surface area contributed by atoms with E-state index in [2.05, 4.69) is 4.98 Å². The lowest BCUT2D eigenvalue weighted by molar-refractivity contribution is 0.100. The number of rotatable bonds is 4. The molecule has 0 atom stereocenters. The van der Waals surface area contributed by atoms with Crippen molar-refractivity contribution < 1.29 is 4.79 Å². The molecule has 0 saturated carbocycles. The molecule has 5 nitrogen and oxygen atoms in total. The highest BCUT2D eigenvalue weighted by molar-refractivity contribution is 7.13. The molecule has 2 aromatic heterocycles. The van der Waals surface area contributed by atoms with Crippen LogP contribution in [0.25, 0.3) is 10.7 Å². The second-order valence-electron chi connectivity index (χ2n) is 4.63. The van der Waals surface area contributed by atoms with Gasteiger partial charge in [-0.25, -0.2) is 4.98 Å². The molecule has 0 fully saturated rings. The normalized spacial score (nSPS) is 10.7. The van der Waals surface area contributed by atoms with E-state index in [1.165, 1.54) is 0 Å². The van der Waals surface area contributed by atoms with E-state index in [0.717, 1.165) is 16.3 Å². The molecule has 2 heterocycles. The summed E-state index contributed by atoms with van der Waals surface area (Å²) in [5.74, 6) is 0.429. The van der Waals surface area contributed by atoms with Crippen LogP contribution in [-0.2, 0) is 6.54 Å². The standard InChI is InChI=1S/C15H14N4OS/c16-12-8-10(14(17)20)3-4-11(12)9-19-6-5-18-15(19)13-2-1-7-21-13/h1-8H,9,16H2,(H2,17,20). The van der Waals surface area contributed by atoms with Gasteiger partial charge in [0.1, 0.15) is 5.82 Å². The SMILES string of the molecule is NC(=O)c1ccc(Cn2ccnc2-c2cccs2)c(N)c1. The Balaban J connectivity index is 1.91. The van der Waals surface area contributed by atoms with Gasteiger partial charge < -0.3 is 16.0 Å². The van der Waals surface area contributed by atoms with Gasteiger partial charge in [-0.05, 0) is 29.1 Å². The predicted molar refractivity (Wildman–Crippen MR) is 84.0 cm³/mol. The van der Waals surface area contributed by atoms with E-state index in [-0.39, 0.29) is 0 Å². The van der Waals surface area contributed by atoms with Gasteiger partial charge in [0.25, 0.3) is 0 Å². The highest BCUT2D eigenvalue weighted by atomic mass is 32.1. The molecule has 106 valence electrons. The van der Waals surface area contributed by atoms with Gasteiger partial charge in [0, 0.05) is 23.6 Å². The summed E-state index contributed by atoms with van der Waals surface area (Å²) in [5, 5.41) is 2.02. The fraction of sp³-hybridized carbons (Fsp3) is 0.0667. The molecular weight excluding hydrogens is 284 g/mol. The lowest BCUT2D eigenvalue weighted by atomic mass is 10.1. The molecule has 0 bridgehead atoms. The van der Waals surface area contributed by atoms with E-state index in [4.69, 9.17) is 11.5 Å². The van der Waals surface area contributed by atoms with Gasteiger partial charge in [-0.3, -0.25) is 4.79 Å². The minimum Gasteiger partial charge on any atom is -0.398 e. The molecule has 0 unspecified atom stereocenters. The molecule has 3 rings (SSSR count). The van der Waals surface area contributed by atoms with E-state index in [1.54, 1.807) is 29.7 Å². The Morgan fingerprint density at radius 3 is 2.86 bits per heavy atom. The van der Waals surface area contributed by atoms with Crippen LogP contribution in [0.15, 0.2) is 48.1 Å². The second kappa shape index (κ2) is 5.41. The van der Waals surface area contributed by atoms with Gasteiger partial charge in [-0.2, -0.15) is 0 Å². The Labute approximate surface area is 125 Å². The Hall–Kier alpha value is -2.60. The number of nitrogen functional groups attached to an aromatic ring is 1.